The summed E-state index contributed by atoms with van der Waals surface area (Å²) in [4.78, 5) is 23.5. The number of aryl methyl sites for hydroxylation is 2. The van der Waals surface area contributed by atoms with Gasteiger partial charge in [0.1, 0.15) is 5.58 Å². The Kier molecular flexibility index (Phi) is 4.85. The molecule has 0 saturated heterocycles. The van der Waals surface area contributed by atoms with Crippen LogP contribution in [-0.4, -0.2) is 24.5 Å². The molecule has 0 aliphatic carbocycles. The number of nitrogens with one attached hydrogen (secondary N) is 1. The Labute approximate surface area is 129 Å². The van der Waals surface area contributed by atoms with Crippen LogP contribution < -0.4 is 5.32 Å². The Balaban J connectivity index is 2.09. The van der Waals surface area contributed by atoms with Crippen molar-refractivity contribution >= 4 is 22.8 Å². The van der Waals surface area contributed by atoms with Crippen molar-refractivity contribution in [2.45, 2.75) is 40.2 Å². The van der Waals surface area contributed by atoms with Gasteiger partial charge in [0.15, 0.2) is 6.10 Å². The Morgan fingerprint density at radius 1 is 1.32 bits per heavy atom. The number of amides is 1. The molecular formula is C17H21NO4. The van der Waals surface area contributed by atoms with Crippen LogP contribution in [0.3, 0.4) is 0 Å². The maximum Gasteiger partial charge on any atom is 0.311 e. The molecule has 2 aromatic rings. The Morgan fingerprint density at radius 3 is 2.73 bits per heavy atom. The average molecular weight is 303 g/mol. The molecule has 1 N–H and O–H groups in total. The minimum atomic E-state index is -0.797. The normalized spacial score (nSPS) is 12.2. The lowest BCUT2D eigenvalue weighted by Crippen LogP contribution is -2.35. The molecule has 2 rings (SSSR count). The van der Waals surface area contributed by atoms with Crippen LogP contribution in [0, 0.1) is 13.8 Å². The summed E-state index contributed by atoms with van der Waals surface area (Å²) in [5.74, 6) is -0.737. The predicted molar refractivity (Wildman–Crippen MR) is 83.6 cm³/mol. The number of carbonyl (C=O) groups excluding carboxylic acids is 2. The Bertz CT molecular complexity index is 702. The number of hydrogen-bond acceptors (Lipinski definition) is 4. The monoisotopic (exact) mass is 303 g/mol. The molecule has 22 heavy (non-hydrogen) atoms. The van der Waals surface area contributed by atoms with Crippen LogP contribution in [0.1, 0.15) is 30.5 Å². The molecule has 5 nitrogen and oxygen atoms in total. The van der Waals surface area contributed by atoms with Crippen LogP contribution in [-0.2, 0) is 20.7 Å². The van der Waals surface area contributed by atoms with Crippen molar-refractivity contribution in [1.82, 2.24) is 5.32 Å². The van der Waals surface area contributed by atoms with E-state index in [9.17, 15) is 9.59 Å². The smallest absolute Gasteiger partial charge is 0.311 e. The molecule has 0 unspecified atom stereocenters. The number of esters is 1. The maximum absolute atomic E-state index is 12.0. The van der Waals surface area contributed by atoms with E-state index in [4.69, 9.17) is 9.15 Å². The highest BCUT2D eigenvalue weighted by atomic mass is 16.5. The zero-order valence-electron chi connectivity index (χ0n) is 13.4. The third-order valence-electron chi connectivity index (χ3n) is 3.70. The first-order valence-electron chi connectivity index (χ1n) is 7.37. The Hall–Kier alpha value is -2.30. The molecule has 0 aliphatic heterocycles. The van der Waals surface area contributed by atoms with Crippen molar-refractivity contribution in [3.05, 3.63) is 35.1 Å². The fraction of sp³-hybridized carbons (Fsp3) is 0.412. The lowest BCUT2D eigenvalue weighted by molar-refractivity contribution is -0.154. The van der Waals surface area contributed by atoms with Crippen LogP contribution in [0.2, 0.25) is 0 Å². The second-order valence-electron chi connectivity index (χ2n) is 5.35. The number of hydrogen-bond donors (Lipinski definition) is 1. The largest absolute Gasteiger partial charge is 0.464 e. The van der Waals surface area contributed by atoms with Gasteiger partial charge in [0.05, 0.1) is 12.7 Å². The molecule has 5 heteroatoms. The number of likely N-dealkylation sites (N-methyl/N-ethyl adjacent to an activating group) is 1. The Morgan fingerprint density at radius 2 is 2.05 bits per heavy atom. The third kappa shape index (κ3) is 3.30. The number of ether oxygens (including phenoxy) is 1. The molecular weight excluding hydrogens is 282 g/mol. The van der Waals surface area contributed by atoms with Gasteiger partial charge in [0, 0.05) is 17.5 Å². The van der Waals surface area contributed by atoms with Crippen LogP contribution in [0.15, 0.2) is 22.8 Å². The summed E-state index contributed by atoms with van der Waals surface area (Å²) in [6.07, 6.45) is 0.864. The topological polar surface area (TPSA) is 68.5 Å². The van der Waals surface area contributed by atoms with Gasteiger partial charge in [-0.25, -0.2) is 0 Å². The molecule has 0 saturated carbocycles. The van der Waals surface area contributed by atoms with Crippen molar-refractivity contribution in [2.75, 3.05) is 6.54 Å². The highest BCUT2D eigenvalue weighted by Gasteiger charge is 2.19. The van der Waals surface area contributed by atoms with E-state index in [0.717, 1.165) is 27.7 Å². The highest BCUT2D eigenvalue weighted by molar-refractivity contribution is 5.89. The molecule has 118 valence electrons. The fourth-order valence-electron chi connectivity index (χ4n) is 2.29. The average Bonchev–Trinajstić information content (AvgIpc) is 2.86. The van der Waals surface area contributed by atoms with E-state index in [1.807, 2.05) is 32.9 Å². The molecule has 0 spiro atoms. The van der Waals surface area contributed by atoms with Gasteiger partial charge in [0.2, 0.25) is 0 Å². The molecule has 1 aromatic carbocycles. The van der Waals surface area contributed by atoms with Gasteiger partial charge in [-0.15, -0.1) is 0 Å². The van der Waals surface area contributed by atoms with Crippen molar-refractivity contribution in [3.8, 4) is 0 Å². The van der Waals surface area contributed by atoms with E-state index in [1.165, 1.54) is 0 Å². The van der Waals surface area contributed by atoms with Gasteiger partial charge in [-0.3, -0.25) is 9.59 Å². The van der Waals surface area contributed by atoms with E-state index >= 15 is 0 Å². The molecule has 1 aromatic heterocycles. The number of fused-ring (bicyclic) bond motifs is 1. The van der Waals surface area contributed by atoms with Gasteiger partial charge in [-0.1, -0.05) is 12.1 Å². The van der Waals surface area contributed by atoms with E-state index in [2.05, 4.69) is 5.32 Å². The third-order valence-corrected chi connectivity index (χ3v) is 3.70. The number of carbonyl (C=O) groups is 2. The van der Waals surface area contributed by atoms with E-state index in [-0.39, 0.29) is 12.3 Å². The van der Waals surface area contributed by atoms with Gasteiger partial charge in [-0.05, 0) is 38.8 Å². The number of benzene rings is 1. The minimum absolute atomic E-state index is 0.0826. The van der Waals surface area contributed by atoms with Crippen molar-refractivity contribution in [3.63, 3.8) is 0 Å². The first-order chi connectivity index (χ1) is 10.4. The molecule has 1 amide bonds. The van der Waals surface area contributed by atoms with E-state index in [1.54, 1.807) is 13.2 Å². The fourth-order valence-corrected chi connectivity index (χ4v) is 2.29. The lowest BCUT2D eigenvalue weighted by atomic mass is 10.0. The predicted octanol–water partition coefficient (Wildman–Crippen LogP) is 2.66. The molecule has 1 heterocycles. The molecule has 0 bridgehead atoms. The van der Waals surface area contributed by atoms with Crippen LogP contribution >= 0.6 is 0 Å². The summed E-state index contributed by atoms with van der Waals surface area (Å²) in [5, 5.41) is 3.53. The number of furan rings is 1. The standard InChI is InChI=1S/C17H21NO4/c1-5-18-17(20)12(4)22-15(19)8-13-9-21-16-11(3)10(2)6-7-14(13)16/h6-7,9,12H,5,8H2,1-4H3,(H,18,20)/t12-/m1/s1. The summed E-state index contributed by atoms with van der Waals surface area (Å²) >= 11 is 0. The molecule has 1 atom stereocenters. The summed E-state index contributed by atoms with van der Waals surface area (Å²) in [5.41, 5.74) is 3.76. The molecule has 0 fully saturated rings. The SMILES string of the molecule is CCNC(=O)[C@@H](C)OC(=O)Cc1coc2c(C)c(C)ccc12. The van der Waals surface area contributed by atoms with Gasteiger partial charge < -0.3 is 14.5 Å². The summed E-state index contributed by atoms with van der Waals surface area (Å²) < 4.78 is 10.7. The van der Waals surface area contributed by atoms with Gasteiger partial charge >= 0.3 is 5.97 Å². The van der Waals surface area contributed by atoms with Crippen LogP contribution in [0.5, 0.6) is 0 Å². The second-order valence-corrected chi connectivity index (χ2v) is 5.35. The highest BCUT2D eigenvalue weighted by Crippen LogP contribution is 2.26. The molecule has 0 radical (unpaired) electrons. The van der Waals surface area contributed by atoms with Crippen molar-refractivity contribution in [1.29, 1.82) is 0 Å². The summed E-state index contributed by atoms with van der Waals surface area (Å²) in [6, 6.07) is 3.94. The zero-order chi connectivity index (χ0) is 16.3. The minimum Gasteiger partial charge on any atom is -0.464 e. The first kappa shape index (κ1) is 16.1. The van der Waals surface area contributed by atoms with Crippen molar-refractivity contribution < 1.29 is 18.7 Å². The van der Waals surface area contributed by atoms with Crippen LogP contribution in [0.4, 0.5) is 0 Å². The molecule has 0 aliphatic rings. The maximum atomic E-state index is 12.0. The van der Waals surface area contributed by atoms with E-state index in [0.29, 0.717) is 6.54 Å². The van der Waals surface area contributed by atoms with Gasteiger partial charge in [-0.2, -0.15) is 0 Å². The quantitative estimate of drug-likeness (QED) is 0.862. The second kappa shape index (κ2) is 6.64. The first-order valence-corrected chi connectivity index (χ1v) is 7.37. The summed E-state index contributed by atoms with van der Waals surface area (Å²) in [6.45, 7) is 7.88. The van der Waals surface area contributed by atoms with Gasteiger partial charge in [0.25, 0.3) is 5.91 Å². The number of rotatable bonds is 5. The van der Waals surface area contributed by atoms with Crippen molar-refractivity contribution in [2.24, 2.45) is 0 Å². The zero-order valence-corrected chi connectivity index (χ0v) is 13.4. The van der Waals surface area contributed by atoms with Crippen LogP contribution in [0.25, 0.3) is 11.0 Å². The lowest BCUT2D eigenvalue weighted by Gasteiger charge is -2.12. The summed E-state index contributed by atoms with van der Waals surface area (Å²) in [7, 11) is 0. The van der Waals surface area contributed by atoms with E-state index < -0.39 is 12.1 Å².